The molecule has 0 saturated carbocycles. The molecule has 0 N–H and O–H groups in total. The summed E-state index contributed by atoms with van der Waals surface area (Å²) in [5.74, 6) is 1.04. The van der Waals surface area contributed by atoms with Crippen molar-refractivity contribution >= 4 is 27.5 Å². The van der Waals surface area contributed by atoms with Gasteiger partial charge in [0.2, 0.25) is 0 Å². The highest BCUT2D eigenvalue weighted by atomic mass is 79.9. The Morgan fingerprint density at radius 3 is 2.62 bits per heavy atom. The zero-order chi connectivity index (χ0) is 14.7. The van der Waals surface area contributed by atoms with Crippen LogP contribution in [0.25, 0.3) is 0 Å². The van der Waals surface area contributed by atoms with E-state index in [9.17, 15) is 0 Å². The molecule has 2 nitrogen and oxygen atoms in total. The maximum absolute atomic E-state index is 6.04. The third kappa shape index (κ3) is 3.74. The van der Waals surface area contributed by atoms with Crippen LogP contribution >= 0.6 is 27.5 Å². The molecule has 3 aromatic rings. The fourth-order valence-corrected chi connectivity index (χ4v) is 2.74. The standard InChI is InChI=1S/C17H14BrClN2/c18-15-6-4-13(5-7-15)12-21-9-8-20-17(21)11-14-2-1-3-16(19)10-14/h1-10H,11-12H2. The van der Waals surface area contributed by atoms with Crippen LogP contribution in [-0.2, 0) is 13.0 Å². The van der Waals surface area contributed by atoms with Gasteiger partial charge in [-0.1, -0.05) is 51.8 Å². The largest absolute Gasteiger partial charge is 0.330 e. The minimum Gasteiger partial charge on any atom is -0.330 e. The van der Waals surface area contributed by atoms with Gasteiger partial charge in [0.1, 0.15) is 5.82 Å². The van der Waals surface area contributed by atoms with Gasteiger partial charge in [-0.15, -0.1) is 0 Å². The molecule has 0 amide bonds. The van der Waals surface area contributed by atoms with Crippen LogP contribution in [0.4, 0.5) is 0 Å². The smallest absolute Gasteiger partial charge is 0.113 e. The predicted octanol–water partition coefficient (Wildman–Crippen LogP) is 4.94. The Morgan fingerprint density at radius 2 is 1.86 bits per heavy atom. The minimum atomic E-state index is 0.763. The van der Waals surface area contributed by atoms with E-state index in [4.69, 9.17) is 11.6 Å². The first-order valence-corrected chi connectivity index (χ1v) is 7.87. The number of halogens is 2. The van der Waals surface area contributed by atoms with Crippen molar-refractivity contribution in [1.82, 2.24) is 9.55 Å². The van der Waals surface area contributed by atoms with Gasteiger partial charge in [0.05, 0.1) is 0 Å². The first-order valence-electron chi connectivity index (χ1n) is 6.69. The van der Waals surface area contributed by atoms with E-state index in [1.807, 2.05) is 30.6 Å². The highest BCUT2D eigenvalue weighted by molar-refractivity contribution is 9.10. The summed E-state index contributed by atoms with van der Waals surface area (Å²) in [7, 11) is 0. The molecule has 0 spiro atoms. The predicted molar refractivity (Wildman–Crippen MR) is 89.7 cm³/mol. The van der Waals surface area contributed by atoms with Crippen LogP contribution in [0.3, 0.4) is 0 Å². The van der Waals surface area contributed by atoms with E-state index in [1.165, 1.54) is 11.1 Å². The lowest BCUT2D eigenvalue weighted by Gasteiger charge is -2.08. The van der Waals surface area contributed by atoms with Crippen molar-refractivity contribution in [1.29, 1.82) is 0 Å². The van der Waals surface area contributed by atoms with Gasteiger partial charge in [0.15, 0.2) is 0 Å². The lowest BCUT2D eigenvalue weighted by Crippen LogP contribution is -2.05. The number of benzene rings is 2. The summed E-state index contributed by atoms with van der Waals surface area (Å²) in [4.78, 5) is 4.47. The van der Waals surface area contributed by atoms with Gasteiger partial charge in [0.25, 0.3) is 0 Å². The zero-order valence-electron chi connectivity index (χ0n) is 11.3. The van der Waals surface area contributed by atoms with E-state index in [0.717, 1.165) is 28.3 Å². The number of aromatic nitrogens is 2. The second-order valence-electron chi connectivity index (χ2n) is 4.90. The number of hydrogen-bond donors (Lipinski definition) is 0. The van der Waals surface area contributed by atoms with Crippen molar-refractivity contribution in [3.05, 3.63) is 87.4 Å². The van der Waals surface area contributed by atoms with Crippen molar-refractivity contribution in [2.45, 2.75) is 13.0 Å². The molecule has 0 unspecified atom stereocenters. The van der Waals surface area contributed by atoms with Crippen LogP contribution in [0.2, 0.25) is 5.02 Å². The van der Waals surface area contributed by atoms with Gasteiger partial charge >= 0.3 is 0 Å². The van der Waals surface area contributed by atoms with E-state index in [1.54, 1.807) is 0 Å². The third-order valence-electron chi connectivity index (χ3n) is 3.32. The first-order chi connectivity index (χ1) is 10.2. The molecule has 2 aromatic carbocycles. The molecule has 0 radical (unpaired) electrons. The van der Waals surface area contributed by atoms with Gasteiger partial charge in [-0.25, -0.2) is 4.98 Å². The Bertz CT molecular complexity index is 735. The summed E-state index contributed by atoms with van der Waals surface area (Å²) < 4.78 is 3.26. The number of hydrogen-bond acceptors (Lipinski definition) is 1. The van der Waals surface area contributed by atoms with Crippen molar-refractivity contribution in [3.8, 4) is 0 Å². The molecule has 0 atom stereocenters. The molecule has 0 saturated heterocycles. The summed E-state index contributed by atoms with van der Waals surface area (Å²) in [6.07, 6.45) is 4.64. The van der Waals surface area contributed by atoms with Crippen molar-refractivity contribution in [2.24, 2.45) is 0 Å². The third-order valence-corrected chi connectivity index (χ3v) is 4.08. The molecule has 0 bridgehead atoms. The Morgan fingerprint density at radius 1 is 1.05 bits per heavy atom. The van der Waals surface area contributed by atoms with Gasteiger partial charge in [-0.2, -0.15) is 0 Å². The van der Waals surface area contributed by atoms with Crippen molar-refractivity contribution < 1.29 is 0 Å². The molecule has 4 heteroatoms. The topological polar surface area (TPSA) is 17.8 Å². The van der Waals surface area contributed by atoms with E-state index in [0.29, 0.717) is 0 Å². The van der Waals surface area contributed by atoms with Gasteiger partial charge in [-0.05, 0) is 35.4 Å². The normalized spacial score (nSPS) is 10.8. The average molecular weight is 362 g/mol. The Kier molecular flexibility index (Phi) is 4.42. The summed E-state index contributed by atoms with van der Waals surface area (Å²) in [5.41, 5.74) is 2.43. The lowest BCUT2D eigenvalue weighted by atomic mass is 10.1. The summed E-state index contributed by atoms with van der Waals surface area (Å²) in [6.45, 7) is 0.823. The molecule has 1 aromatic heterocycles. The fraction of sp³-hybridized carbons (Fsp3) is 0.118. The Balaban J connectivity index is 1.79. The summed E-state index contributed by atoms with van der Waals surface area (Å²) >= 11 is 9.49. The van der Waals surface area contributed by atoms with Gasteiger partial charge in [-0.3, -0.25) is 0 Å². The lowest BCUT2D eigenvalue weighted by molar-refractivity contribution is 0.740. The molecule has 106 valence electrons. The molecule has 0 aliphatic rings. The monoisotopic (exact) mass is 360 g/mol. The molecule has 0 fully saturated rings. The highest BCUT2D eigenvalue weighted by Gasteiger charge is 2.05. The zero-order valence-corrected chi connectivity index (χ0v) is 13.7. The molecular formula is C17H14BrClN2. The van der Waals surface area contributed by atoms with Crippen LogP contribution in [0, 0.1) is 0 Å². The second-order valence-corrected chi connectivity index (χ2v) is 6.26. The van der Waals surface area contributed by atoms with Crippen LogP contribution in [0.5, 0.6) is 0 Å². The van der Waals surface area contributed by atoms with E-state index in [-0.39, 0.29) is 0 Å². The van der Waals surface area contributed by atoms with Crippen molar-refractivity contribution in [3.63, 3.8) is 0 Å². The van der Waals surface area contributed by atoms with E-state index >= 15 is 0 Å². The summed E-state index contributed by atoms with van der Waals surface area (Å²) in [5, 5.41) is 0.763. The highest BCUT2D eigenvalue weighted by Crippen LogP contribution is 2.16. The molecule has 0 aliphatic carbocycles. The average Bonchev–Trinajstić information content (AvgIpc) is 2.89. The number of rotatable bonds is 4. The molecule has 0 aliphatic heterocycles. The number of imidazole rings is 1. The van der Waals surface area contributed by atoms with Crippen molar-refractivity contribution in [2.75, 3.05) is 0 Å². The van der Waals surface area contributed by atoms with Crippen LogP contribution in [0.1, 0.15) is 17.0 Å². The van der Waals surface area contributed by atoms with E-state index in [2.05, 4.69) is 55.8 Å². The SMILES string of the molecule is Clc1cccc(Cc2nccn2Cc2ccc(Br)cc2)c1. The van der Waals surface area contributed by atoms with Gasteiger partial charge in [0, 0.05) is 34.9 Å². The maximum Gasteiger partial charge on any atom is 0.113 e. The second kappa shape index (κ2) is 6.46. The number of nitrogens with zero attached hydrogens (tertiary/aromatic N) is 2. The quantitative estimate of drug-likeness (QED) is 0.643. The Hall–Kier alpha value is -1.58. The molecule has 1 heterocycles. The molecule has 21 heavy (non-hydrogen) atoms. The van der Waals surface area contributed by atoms with Crippen LogP contribution < -0.4 is 0 Å². The fourth-order valence-electron chi connectivity index (χ4n) is 2.27. The molecule has 3 rings (SSSR count). The minimum absolute atomic E-state index is 0.763. The maximum atomic E-state index is 6.04. The van der Waals surface area contributed by atoms with Crippen LogP contribution in [0.15, 0.2) is 65.4 Å². The van der Waals surface area contributed by atoms with Gasteiger partial charge < -0.3 is 4.57 Å². The first kappa shape index (κ1) is 14.4. The van der Waals surface area contributed by atoms with Crippen LogP contribution in [-0.4, -0.2) is 9.55 Å². The summed E-state index contributed by atoms with van der Waals surface area (Å²) in [6, 6.07) is 16.3. The van der Waals surface area contributed by atoms with E-state index < -0.39 is 0 Å². The Labute approximate surface area is 137 Å². The molecular weight excluding hydrogens is 348 g/mol.